The van der Waals surface area contributed by atoms with Crippen LogP contribution in [-0.2, 0) is 10.0 Å². The van der Waals surface area contributed by atoms with Crippen LogP contribution in [0.2, 0.25) is 0 Å². The van der Waals surface area contributed by atoms with Crippen molar-refractivity contribution in [3.05, 3.63) is 17.7 Å². The second-order valence-electron chi connectivity index (χ2n) is 6.65. The molecule has 2 aliphatic rings. The quantitative estimate of drug-likeness (QED) is 0.858. The Morgan fingerprint density at radius 1 is 1.29 bits per heavy atom. The highest BCUT2D eigenvalue weighted by molar-refractivity contribution is 7.89. The largest absolute Gasteiger partial charge is 0.328 e. The number of piperidine rings is 1. The minimum absolute atomic E-state index is 0.241. The summed E-state index contributed by atoms with van der Waals surface area (Å²) in [4.78, 5) is 4.57. The lowest BCUT2D eigenvalue weighted by Gasteiger charge is -2.35. The van der Waals surface area contributed by atoms with Crippen molar-refractivity contribution in [1.82, 2.24) is 13.9 Å². The standard InChI is InChI=1S/C15H25N3O2S/c1-11(2)21(19,20)17-8-4-5-14(10-17)18-12(3)9-16-15(18)13-6-7-13/h9,11,13-14H,4-8,10H2,1-3H3/t14-/m0/s1. The molecule has 1 aliphatic carbocycles. The summed E-state index contributed by atoms with van der Waals surface area (Å²) in [5.41, 5.74) is 1.16. The van der Waals surface area contributed by atoms with Crippen LogP contribution in [0.1, 0.15) is 63.0 Å². The van der Waals surface area contributed by atoms with Crippen molar-refractivity contribution in [3.63, 3.8) is 0 Å². The molecule has 0 spiro atoms. The van der Waals surface area contributed by atoms with Crippen molar-refractivity contribution in [3.8, 4) is 0 Å². The molecule has 0 unspecified atom stereocenters. The molecule has 1 aromatic heterocycles. The molecule has 1 atom stereocenters. The highest BCUT2D eigenvalue weighted by atomic mass is 32.2. The lowest BCUT2D eigenvalue weighted by atomic mass is 10.1. The fourth-order valence-electron chi connectivity index (χ4n) is 3.24. The molecule has 0 bridgehead atoms. The number of sulfonamides is 1. The molecule has 1 saturated heterocycles. The zero-order valence-electron chi connectivity index (χ0n) is 13.1. The highest BCUT2D eigenvalue weighted by Crippen LogP contribution is 2.41. The van der Waals surface area contributed by atoms with E-state index >= 15 is 0 Å². The molecule has 1 aliphatic heterocycles. The van der Waals surface area contributed by atoms with Crippen LogP contribution >= 0.6 is 0 Å². The summed E-state index contributed by atoms with van der Waals surface area (Å²) in [6.07, 6.45) is 6.34. The van der Waals surface area contributed by atoms with Gasteiger partial charge in [0.05, 0.1) is 5.25 Å². The maximum atomic E-state index is 12.4. The Hall–Kier alpha value is -0.880. The summed E-state index contributed by atoms with van der Waals surface area (Å²) < 4.78 is 28.8. The van der Waals surface area contributed by atoms with Gasteiger partial charge >= 0.3 is 0 Å². The average molecular weight is 311 g/mol. The van der Waals surface area contributed by atoms with Crippen molar-refractivity contribution in [2.75, 3.05) is 13.1 Å². The number of hydrogen-bond acceptors (Lipinski definition) is 3. The molecule has 2 fully saturated rings. The summed E-state index contributed by atoms with van der Waals surface area (Å²) in [6.45, 7) is 6.85. The van der Waals surface area contributed by atoms with E-state index in [1.807, 2.05) is 6.20 Å². The van der Waals surface area contributed by atoms with Crippen LogP contribution < -0.4 is 0 Å². The van der Waals surface area contributed by atoms with E-state index in [2.05, 4.69) is 16.5 Å². The Bertz CT molecular complexity index is 617. The average Bonchev–Trinajstić information content (AvgIpc) is 3.22. The third-order valence-corrected chi connectivity index (χ3v) is 6.88. The topological polar surface area (TPSA) is 55.2 Å². The van der Waals surface area contributed by atoms with Gasteiger partial charge in [0.25, 0.3) is 0 Å². The summed E-state index contributed by atoms with van der Waals surface area (Å²) in [5, 5.41) is -0.344. The van der Waals surface area contributed by atoms with E-state index in [1.165, 1.54) is 18.7 Å². The lowest BCUT2D eigenvalue weighted by molar-refractivity contribution is 0.259. The monoisotopic (exact) mass is 311 g/mol. The summed E-state index contributed by atoms with van der Waals surface area (Å²) in [7, 11) is -3.15. The van der Waals surface area contributed by atoms with E-state index in [0.29, 0.717) is 19.0 Å². The second kappa shape index (κ2) is 5.39. The summed E-state index contributed by atoms with van der Waals surface area (Å²) in [5.74, 6) is 1.76. The molecule has 2 heterocycles. The van der Waals surface area contributed by atoms with Crippen molar-refractivity contribution >= 4 is 10.0 Å². The van der Waals surface area contributed by atoms with Gasteiger partial charge in [-0.1, -0.05) is 0 Å². The molecular weight excluding hydrogens is 286 g/mol. The minimum atomic E-state index is -3.15. The molecule has 1 saturated carbocycles. The lowest BCUT2D eigenvalue weighted by Crippen LogP contribution is -2.44. The third kappa shape index (κ3) is 2.75. The molecular formula is C15H25N3O2S. The minimum Gasteiger partial charge on any atom is -0.328 e. The van der Waals surface area contributed by atoms with Crippen LogP contribution in [0.4, 0.5) is 0 Å². The van der Waals surface area contributed by atoms with Crippen LogP contribution in [0.5, 0.6) is 0 Å². The zero-order valence-corrected chi connectivity index (χ0v) is 13.9. The number of imidazole rings is 1. The molecule has 3 rings (SSSR count). The van der Waals surface area contributed by atoms with Gasteiger partial charge in [-0.3, -0.25) is 0 Å². The van der Waals surface area contributed by atoms with Gasteiger partial charge in [0.1, 0.15) is 5.82 Å². The normalized spacial score (nSPS) is 24.7. The molecule has 0 radical (unpaired) electrons. The predicted molar refractivity (Wildman–Crippen MR) is 82.8 cm³/mol. The number of aryl methyl sites for hydroxylation is 1. The number of nitrogens with zero attached hydrogens (tertiary/aromatic N) is 3. The Kier molecular flexibility index (Phi) is 3.86. The van der Waals surface area contributed by atoms with Gasteiger partial charge in [0.15, 0.2) is 0 Å². The van der Waals surface area contributed by atoms with Gasteiger partial charge in [-0.15, -0.1) is 0 Å². The zero-order chi connectivity index (χ0) is 15.2. The summed E-state index contributed by atoms with van der Waals surface area (Å²) >= 11 is 0. The third-order valence-electron chi connectivity index (χ3n) is 4.63. The maximum absolute atomic E-state index is 12.4. The van der Waals surface area contributed by atoms with Crippen molar-refractivity contribution in [1.29, 1.82) is 0 Å². The van der Waals surface area contributed by atoms with E-state index in [-0.39, 0.29) is 11.3 Å². The van der Waals surface area contributed by atoms with Gasteiger partial charge in [0.2, 0.25) is 10.0 Å². The van der Waals surface area contributed by atoms with E-state index in [4.69, 9.17) is 0 Å². The van der Waals surface area contributed by atoms with Crippen molar-refractivity contribution in [2.24, 2.45) is 0 Å². The first kappa shape index (κ1) is 15.0. The molecule has 6 heteroatoms. The molecule has 0 N–H and O–H groups in total. The Labute approximate surface area is 127 Å². The maximum Gasteiger partial charge on any atom is 0.216 e. The Balaban J connectivity index is 1.85. The van der Waals surface area contributed by atoms with E-state index in [0.717, 1.165) is 18.5 Å². The predicted octanol–water partition coefficient (Wildman–Crippen LogP) is 2.44. The first-order valence-electron chi connectivity index (χ1n) is 7.94. The Morgan fingerprint density at radius 2 is 2.00 bits per heavy atom. The van der Waals surface area contributed by atoms with Gasteiger partial charge in [0, 0.05) is 36.9 Å². The van der Waals surface area contributed by atoms with E-state index in [9.17, 15) is 8.42 Å². The van der Waals surface area contributed by atoms with E-state index in [1.54, 1.807) is 18.2 Å². The number of aromatic nitrogens is 2. The molecule has 5 nitrogen and oxygen atoms in total. The number of hydrogen-bond donors (Lipinski definition) is 0. The van der Waals surface area contributed by atoms with Crippen LogP contribution in [0, 0.1) is 6.92 Å². The Morgan fingerprint density at radius 3 is 2.62 bits per heavy atom. The van der Waals surface area contributed by atoms with Gasteiger partial charge in [-0.05, 0) is 46.5 Å². The number of rotatable bonds is 4. The fraction of sp³-hybridized carbons (Fsp3) is 0.800. The van der Waals surface area contributed by atoms with Crippen LogP contribution in [-0.4, -0.2) is 40.6 Å². The van der Waals surface area contributed by atoms with Gasteiger partial charge in [-0.2, -0.15) is 4.31 Å². The molecule has 1 aromatic rings. The first-order valence-corrected chi connectivity index (χ1v) is 9.44. The fourth-order valence-corrected chi connectivity index (χ4v) is 4.60. The van der Waals surface area contributed by atoms with Crippen LogP contribution in [0.25, 0.3) is 0 Å². The SMILES string of the molecule is Cc1cnc(C2CC2)n1[C@H]1CCCN(S(=O)(=O)C(C)C)C1. The molecule has 0 amide bonds. The van der Waals surface area contributed by atoms with Gasteiger partial charge in [-0.25, -0.2) is 13.4 Å². The molecule has 118 valence electrons. The second-order valence-corrected chi connectivity index (χ2v) is 9.14. The van der Waals surface area contributed by atoms with E-state index < -0.39 is 10.0 Å². The van der Waals surface area contributed by atoms with Crippen molar-refractivity contribution in [2.45, 2.75) is 63.7 Å². The van der Waals surface area contributed by atoms with Crippen LogP contribution in [0.15, 0.2) is 6.20 Å². The first-order chi connectivity index (χ1) is 9.91. The summed E-state index contributed by atoms with van der Waals surface area (Å²) in [6, 6.07) is 0.241. The van der Waals surface area contributed by atoms with Gasteiger partial charge < -0.3 is 4.57 Å². The van der Waals surface area contributed by atoms with Crippen LogP contribution in [0.3, 0.4) is 0 Å². The van der Waals surface area contributed by atoms with Crippen molar-refractivity contribution < 1.29 is 8.42 Å². The smallest absolute Gasteiger partial charge is 0.216 e. The molecule has 0 aromatic carbocycles. The molecule has 21 heavy (non-hydrogen) atoms. The highest BCUT2D eigenvalue weighted by Gasteiger charge is 2.35.